The van der Waals surface area contributed by atoms with Gasteiger partial charge in [-0.2, -0.15) is 0 Å². The predicted molar refractivity (Wildman–Crippen MR) is 193 cm³/mol. The molecule has 0 aliphatic carbocycles. The van der Waals surface area contributed by atoms with Gasteiger partial charge >= 0.3 is 0 Å². The lowest BCUT2D eigenvalue weighted by Crippen LogP contribution is -2.02. The lowest BCUT2D eigenvalue weighted by atomic mass is 9.88. The molecule has 3 aromatic heterocycles. The largest absolute Gasteiger partial charge is 0.253 e. The number of aromatic nitrogens is 5. The zero-order valence-corrected chi connectivity index (χ0v) is 26.0. The van der Waals surface area contributed by atoms with Crippen LogP contribution >= 0.6 is 0 Å². The summed E-state index contributed by atoms with van der Waals surface area (Å²) in [7, 11) is 0. The summed E-state index contributed by atoms with van der Waals surface area (Å²) in [5.41, 5.74) is 11.3. The lowest BCUT2D eigenvalue weighted by molar-refractivity contribution is 1.05. The van der Waals surface area contributed by atoms with Crippen LogP contribution < -0.4 is 0 Å². The van der Waals surface area contributed by atoms with Gasteiger partial charge in [0.1, 0.15) is 11.4 Å². The second-order valence-electron chi connectivity index (χ2n) is 11.4. The molecule has 48 heavy (non-hydrogen) atoms. The summed E-state index contributed by atoms with van der Waals surface area (Å²) in [6.45, 7) is 0. The SMILES string of the molecule is c1ccc(-c2cc(-c3ccccc3)cc(-c3ccc(-c4nc(-c5ccccn5)nc(-c5ccccn5)n4)cc3-c3ccccc3)c2)cc1. The van der Waals surface area contributed by atoms with Crippen LogP contribution in [0.2, 0.25) is 0 Å². The fourth-order valence-electron chi connectivity index (χ4n) is 5.89. The summed E-state index contributed by atoms with van der Waals surface area (Å²) in [6, 6.07) is 56.3. The summed E-state index contributed by atoms with van der Waals surface area (Å²) in [5, 5.41) is 0. The van der Waals surface area contributed by atoms with Crippen molar-refractivity contribution in [1.29, 1.82) is 0 Å². The van der Waals surface area contributed by atoms with Crippen LogP contribution in [0, 0.1) is 0 Å². The molecule has 8 rings (SSSR count). The van der Waals surface area contributed by atoms with Crippen LogP contribution in [0.25, 0.3) is 78.9 Å². The molecule has 0 N–H and O–H groups in total. The highest BCUT2D eigenvalue weighted by molar-refractivity contribution is 5.90. The standard InChI is InChI=1S/C43H29N5/c1-4-14-30(15-5-1)34-26-35(31-16-6-2-7-17-31)28-36(27-34)37-23-22-33(29-38(37)32-18-8-3-9-19-32)41-46-42(39-20-10-12-24-44-39)48-43(47-41)40-21-11-13-25-45-40/h1-29H. The minimum atomic E-state index is 0.495. The Hall–Kier alpha value is -6.59. The van der Waals surface area contributed by atoms with Crippen LogP contribution in [-0.2, 0) is 0 Å². The van der Waals surface area contributed by atoms with Crippen molar-refractivity contribution in [3.8, 4) is 78.9 Å². The second kappa shape index (κ2) is 13.0. The van der Waals surface area contributed by atoms with Crippen molar-refractivity contribution in [1.82, 2.24) is 24.9 Å². The Balaban J connectivity index is 1.33. The highest BCUT2D eigenvalue weighted by atomic mass is 15.1. The van der Waals surface area contributed by atoms with E-state index in [4.69, 9.17) is 15.0 Å². The van der Waals surface area contributed by atoms with E-state index in [0.717, 1.165) is 38.9 Å². The number of hydrogen-bond acceptors (Lipinski definition) is 5. The maximum atomic E-state index is 4.93. The molecule has 0 unspecified atom stereocenters. The third kappa shape index (κ3) is 6.00. The van der Waals surface area contributed by atoms with E-state index in [1.165, 1.54) is 11.1 Å². The van der Waals surface area contributed by atoms with Gasteiger partial charge in [0, 0.05) is 18.0 Å². The molecule has 0 amide bonds. The second-order valence-corrected chi connectivity index (χ2v) is 11.4. The molecule has 0 aliphatic heterocycles. The van der Waals surface area contributed by atoms with Crippen molar-refractivity contribution in [2.75, 3.05) is 0 Å². The Morgan fingerprint density at radius 2 is 0.729 bits per heavy atom. The van der Waals surface area contributed by atoms with E-state index in [-0.39, 0.29) is 0 Å². The van der Waals surface area contributed by atoms with Gasteiger partial charge in [-0.1, -0.05) is 115 Å². The molecule has 0 radical (unpaired) electrons. The van der Waals surface area contributed by atoms with Gasteiger partial charge in [0.15, 0.2) is 17.5 Å². The van der Waals surface area contributed by atoms with E-state index in [1.807, 2.05) is 42.5 Å². The molecule has 3 heterocycles. The molecule has 0 saturated heterocycles. The first-order valence-corrected chi connectivity index (χ1v) is 15.8. The van der Waals surface area contributed by atoms with Gasteiger partial charge in [0.2, 0.25) is 0 Å². The van der Waals surface area contributed by atoms with Gasteiger partial charge in [-0.3, -0.25) is 9.97 Å². The van der Waals surface area contributed by atoms with Crippen LogP contribution in [0.1, 0.15) is 0 Å². The Morgan fingerprint density at radius 1 is 0.271 bits per heavy atom. The summed E-state index contributed by atoms with van der Waals surface area (Å²) < 4.78 is 0. The first-order chi connectivity index (χ1) is 23.8. The van der Waals surface area contributed by atoms with E-state index < -0.39 is 0 Å². The van der Waals surface area contributed by atoms with Crippen molar-refractivity contribution in [3.05, 3.63) is 176 Å². The molecule has 5 nitrogen and oxygen atoms in total. The molecule has 0 atom stereocenters. The zero-order chi connectivity index (χ0) is 32.1. The molecule has 8 aromatic rings. The highest BCUT2D eigenvalue weighted by Crippen LogP contribution is 2.39. The van der Waals surface area contributed by atoms with Crippen LogP contribution in [0.3, 0.4) is 0 Å². The number of pyridine rings is 2. The number of rotatable bonds is 7. The normalized spacial score (nSPS) is 10.9. The third-order valence-corrected chi connectivity index (χ3v) is 8.24. The Bertz CT molecular complexity index is 2190. The van der Waals surface area contributed by atoms with Gasteiger partial charge in [0.05, 0.1) is 0 Å². The minimum absolute atomic E-state index is 0.495. The molecule has 0 fully saturated rings. The summed E-state index contributed by atoms with van der Waals surface area (Å²) in [4.78, 5) is 23.7. The van der Waals surface area contributed by atoms with Gasteiger partial charge in [0.25, 0.3) is 0 Å². The zero-order valence-electron chi connectivity index (χ0n) is 26.0. The van der Waals surface area contributed by atoms with Gasteiger partial charge in [-0.05, 0) is 93.0 Å². The van der Waals surface area contributed by atoms with E-state index in [1.54, 1.807) is 12.4 Å². The van der Waals surface area contributed by atoms with Crippen molar-refractivity contribution in [3.63, 3.8) is 0 Å². The first kappa shape index (κ1) is 28.9. The van der Waals surface area contributed by atoms with Crippen molar-refractivity contribution >= 4 is 0 Å². The average molecular weight is 616 g/mol. The summed E-state index contributed by atoms with van der Waals surface area (Å²) >= 11 is 0. The Kier molecular flexibility index (Phi) is 7.83. The lowest BCUT2D eigenvalue weighted by Gasteiger charge is -2.16. The molecule has 226 valence electrons. The van der Waals surface area contributed by atoms with Crippen LogP contribution in [0.15, 0.2) is 176 Å². The number of nitrogens with zero attached hydrogens (tertiary/aromatic N) is 5. The number of hydrogen-bond donors (Lipinski definition) is 0. The molecule has 5 heteroatoms. The van der Waals surface area contributed by atoms with Gasteiger partial charge in [-0.25, -0.2) is 15.0 Å². The topological polar surface area (TPSA) is 64.5 Å². The molecule has 0 bridgehead atoms. The quantitative estimate of drug-likeness (QED) is 0.178. The Labute approximate surface area is 279 Å². The molecule has 0 aliphatic rings. The smallest absolute Gasteiger partial charge is 0.182 e. The maximum absolute atomic E-state index is 4.93. The summed E-state index contributed by atoms with van der Waals surface area (Å²) in [5.74, 6) is 1.54. The Morgan fingerprint density at radius 3 is 1.23 bits per heavy atom. The fourth-order valence-corrected chi connectivity index (χ4v) is 5.89. The molecular weight excluding hydrogens is 587 g/mol. The third-order valence-electron chi connectivity index (χ3n) is 8.24. The molecule has 5 aromatic carbocycles. The molecule has 0 spiro atoms. The van der Waals surface area contributed by atoms with E-state index >= 15 is 0 Å². The van der Waals surface area contributed by atoms with Gasteiger partial charge in [-0.15, -0.1) is 0 Å². The summed E-state index contributed by atoms with van der Waals surface area (Å²) in [6.07, 6.45) is 3.49. The highest BCUT2D eigenvalue weighted by Gasteiger charge is 2.17. The van der Waals surface area contributed by atoms with E-state index in [9.17, 15) is 0 Å². The van der Waals surface area contributed by atoms with Crippen LogP contribution in [0.5, 0.6) is 0 Å². The van der Waals surface area contributed by atoms with Gasteiger partial charge < -0.3 is 0 Å². The van der Waals surface area contributed by atoms with E-state index in [0.29, 0.717) is 28.9 Å². The molecule has 0 saturated carbocycles. The van der Waals surface area contributed by atoms with Crippen LogP contribution in [-0.4, -0.2) is 24.9 Å². The fraction of sp³-hybridized carbons (Fsp3) is 0. The monoisotopic (exact) mass is 615 g/mol. The number of benzene rings is 5. The minimum Gasteiger partial charge on any atom is -0.253 e. The van der Waals surface area contributed by atoms with Crippen molar-refractivity contribution in [2.24, 2.45) is 0 Å². The van der Waals surface area contributed by atoms with Crippen molar-refractivity contribution in [2.45, 2.75) is 0 Å². The maximum Gasteiger partial charge on any atom is 0.182 e. The average Bonchev–Trinajstić information content (AvgIpc) is 3.19. The first-order valence-electron chi connectivity index (χ1n) is 15.8. The van der Waals surface area contributed by atoms with E-state index in [2.05, 4.69) is 131 Å². The van der Waals surface area contributed by atoms with Crippen molar-refractivity contribution < 1.29 is 0 Å². The predicted octanol–water partition coefficient (Wildman–Crippen LogP) is 10.3. The van der Waals surface area contributed by atoms with Crippen LogP contribution in [0.4, 0.5) is 0 Å². The molecular formula is C43H29N5.